The van der Waals surface area contributed by atoms with Crippen molar-refractivity contribution in [1.82, 2.24) is 5.48 Å². The smallest absolute Gasteiger partial charge is 0.437 e. The number of rotatable bonds is 4. The number of carbonyl (C=O) groups excluding carboxylic acids is 2. The van der Waals surface area contributed by atoms with E-state index >= 15 is 0 Å². The maximum atomic E-state index is 10.2. The number of nitrogens with one attached hydrogen (secondary N) is 1. The highest BCUT2D eigenvalue weighted by molar-refractivity contribution is 5.71. The van der Waals surface area contributed by atoms with E-state index in [0.29, 0.717) is 0 Å². The summed E-state index contributed by atoms with van der Waals surface area (Å²) in [6.07, 6.45) is 0. The molecule has 9 heavy (non-hydrogen) atoms. The van der Waals surface area contributed by atoms with E-state index in [1.54, 1.807) is 0 Å². The summed E-state index contributed by atoms with van der Waals surface area (Å²) in [5.74, 6) is -0.509. The minimum absolute atomic E-state index is 0.161. The fourth-order valence-corrected chi connectivity index (χ4v) is 0.197. The Kier molecular flexibility index (Phi) is 4.43. The summed E-state index contributed by atoms with van der Waals surface area (Å²) in [4.78, 5) is 23.4. The predicted molar refractivity (Wildman–Crippen MR) is 26.8 cm³/mol. The molecule has 0 unspecified atom stereocenters. The largest absolute Gasteiger partial charge is 0.468 e. The molecular formula is C4H6NO4. The Morgan fingerprint density at radius 3 is 2.89 bits per heavy atom. The molecule has 0 aliphatic carbocycles. The van der Waals surface area contributed by atoms with Crippen LogP contribution in [0.3, 0.4) is 0 Å². The van der Waals surface area contributed by atoms with Crippen molar-refractivity contribution in [2.45, 2.75) is 0 Å². The van der Waals surface area contributed by atoms with Crippen LogP contribution in [0.5, 0.6) is 0 Å². The van der Waals surface area contributed by atoms with E-state index in [-0.39, 0.29) is 6.54 Å². The number of hydroxylamine groups is 1. The van der Waals surface area contributed by atoms with Gasteiger partial charge in [-0.3, -0.25) is 4.79 Å². The predicted octanol–water partition coefficient (Wildman–Crippen LogP) is -1.25. The van der Waals surface area contributed by atoms with Gasteiger partial charge in [0.05, 0.1) is 7.11 Å². The number of ether oxygens (including phenoxy) is 1. The monoisotopic (exact) mass is 132 g/mol. The average molecular weight is 132 g/mol. The number of methoxy groups -OCH3 is 1. The van der Waals surface area contributed by atoms with Crippen molar-refractivity contribution in [1.29, 1.82) is 0 Å². The lowest BCUT2D eigenvalue weighted by Gasteiger charge is -1.96. The highest BCUT2D eigenvalue weighted by Gasteiger charge is 1.96. The topological polar surface area (TPSA) is 64.6 Å². The summed E-state index contributed by atoms with van der Waals surface area (Å²) >= 11 is 0. The van der Waals surface area contributed by atoms with Crippen LogP contribution in [0.2, 0.25) is 0 Å². The molecule has 0 rings (SSSR count). The molecule has 0 aromatic rings. The van der Waals surface area contributed by atoms with E-state index in [1.807, 2.05) is 5.48 Å². The minimum Gasteiger partial charge on any atom is -0.468 e. The van der Waals surface area contributed by atoms with Crippen LogP contribution < -0.4 is 5.48 Å². The van der Waals surface area contributed by atoms with Crippen molar-refractivity contribution in [2.75, 3.05) is 13.7 Å². The number of carbonyl (C=O) groups is 1. The van der Waals surface area contributed by atoms with Crippen LogP contribution >= 0.6 is 0 Å². The first kappa shape index (κ1) is 7.90. The van der Waals surface area contributed by atoms with Crippen LogP contribution in [-0.2, 0) is 19.2 Å². The van der Waals surface area contributed by atoms with Crippen molar-refractivity contribution in [3.63, 3.8) is 0 Å². The van der Waals surface area contributed by atoms with Crippen molar-refractivity contribution >= 4 is 12.4 Å². The summed E-state index contributed by atoms with van der Waals surface area (Å²) in [7, 11) is 1.23. The van der Waals surface area contributed by atoms with E-state index in [1.165, 1.54) is 7.11 Å². The lowest BCUT2D eigenvalue weighted by molar-refractivity contribution is -0.141. The molecule has 1 radical (unpaired) electrons. The molecule has 0 heterocycles. The zero-order valence-corrected chi connectivity index (χ0v) is 4.84. The van der Waals surface area contributed by atoms with Gasteiger partial charge in [0.2, 0.25) is 0 Å². The first-order valence-electron chi connectivity index (χ1n) is 2.14. The highest BCUT2D eigenvalue weighted by Crippen LogP contribution is 1.67. The maximum absolute atomic E-state index is 10.2. The van der Waals surface area contributed by atoms with E-state index in [4.69, 9.17) is 0 Å². The Morgan fingerprint density at radius 1 is 1.78 bits per heavy atom. The van der Waals surface area contributed by atoms with Crippen molar-refractivity contribution < 1.29 is 19.2 Å². The van der Waals surface area contributed by atoms with Gasteiger partial charge in [0, 0.05) is 0 Å². The van der Waals surface area contributed by atoms with Gasteiger partial charge in [0.15, 0.2) is 0 Å². The minimum atomic E-state index is -0.509. The molecule has 0 bridgehead atoms. The third kappa shape index (κ3) is 4.76. The van der Waals surface area contributed by atoms with Crippen LogP contribution in [0.4, 0.5) is 0 Å². The zero-order valence-electron chi connectivity index (χ0n) is 4.84. The molecule has 5 heteroatoms. The third-order valence-electron chi connectivity index (χ3n) is 0.558. The second kappa shape index (κ2) is 5.04. The molecule has 0 atom stereocenters. The van der Waals surface area contributed by atoms with Crippen LogP contribution in [-0.4, -0.2) is 26.1 Å². The molecule has 5 nitrogen and oxygen atoms in total. The van der Waals surface area contributed by atoms with Gasteiger partial charge in [-0.15, -0.1) is 5.48 Å². The Hall–Kier alpha value is -1.10. The first-order valence-corrected chi connectivity index (χ1v) is 2.14. The molecule has 0 aliphatic heterocycles. The van der Waals surface area contributed by atoms with Crippen molar-refractivity contribution in [2.24, 2.45) is 0 Å². The van der Waals surface area contributed by atoms with Gasteiger partial charge < -0.3 is 9.57 Å². The fourth-order valence-electron chi connectivity index (χ4n) is 0.197. The highest BCUT2D eigenvalue weighted by atomic mass is 16.7. The van der Waals surface area contributed by atoms with Crippen LogP contribution in [0, 0.1) is 0 Å². The maximum Gasteiger partial charge on any atom is 0.437 e. The second-order valence-corrected chi connectivity index (χ2v) is 1.08. The number of hydrogen-bond donors (Lipinski definition) is 1. The molecule has 0 aromatic carbocycles. The molecule has 0 aliphatic rings. The molecule has 0 fully saturated rings. The number of hydrogen-bond acceptors (Lipinski definition) is 5. The average Bonchev–Trinajstić information content (AvgIpc) is 1.89. The molecule has 0 aromatic heterocycles. The van der Waals surface area contributed by atoms with Gasteiger partial charge in [-0.1, -0.05) is 0 Å². The Morgan fingerprint density at radius 2 is 2.44 bits per heavy atom. The van der Waals surface area contributed by atoms with Gasteiger partial charge in [0.1, 0.15) is 6.54 Å². The first-order chi connectivity index (χ1) is 4.31. The molecule has 0 amide bonds. The van der Waals surface area contributed by atoms with Crippen molar-refractivity contribution in [3.8, 4) is 0 Å². The molecule has 51 valence electrons. The zero-order chi connectivity index (χ0) is 7.11. The van der Waals surface area contributed by atoms with Gasteiger partial charge >= 0.3 is 12.4 Å². The van der Waals surface area contributed by atoms with E-state index < -0.39 is 5.97 Å². The second-order valence-electron chi connectivity index (χ2n) is 1.08. The molecular weight excluding hydrogens is 126 g/mol. The summed E-state index contributed by atoms with van der Waals surface area (Å²) < 4.78 is 4.19. The van der Waals surface area contributed by atoms with Crippen molar-refractivity contribution in [3.05, 3.63) is 0 Å². The fraction of sp³-hybridized carbons (Fsp3) is 0.500. The van der Waals surface area contributed by atoms with Gasteiger partial charge in [-0.05, 0) is 0 Å². The standard InChI is InChI=1S/C4H6NO4/c1-8-4(7)2-5-9-3-6/h5H,2H2,1H3. The normalized spacial score (nSPS) is 8.11. The Labute approximate surface area is 51.9 Å². The Balaban J connectivity index is 3.06. The summed E-state index contributed by atoms with van der Waals surface area (Å²) in [5.41, 5.74) is 1.99. The summed E-state index contributed by atoms with van der Waals surface area (Å²) in [6, 6.07) is 0. The third-order valence-corrected chi connectivity index (χ3v) is 0.558. The van der Waals surface area contributed by atoms with Crippen LogP contribution in [0.15, 0.2) is 0 Å². The lowest BCUT2D eigenvalue weighted by Crippen LogP contribution is -2.23. The lowest BCUT2D eigenvalue weighted by atomic mass is 10.7. The summed E-state index contributed by atoms with van der Waals surface area (Å²) in [6.45, 7) is 0.917. The van der Waals surface area contributed by atoms with Crippen LogP contribution in [0.1, 0.15) is 0 Å². The number of esters is 1. The van der Waals surface area contributed by atoms with E-state index in [9.17, 15) is 9.59 Å². The molecule has 1 N–H and O–H groups in total. The van der Waals surface area contributed by atoms with E-state index in [2.05, 4.69) is 9.57 Å². The van der Waals surface area contributed by atoms with Gasteiger partial charge in [-0.25, -0.2) is 4.79 Å². The molecule has 0 saturated heterocycles. The summed E-state index contributed by atoms with van der Waals surface area (Å²) in [5, 5.41) is 0. The van der Waals surface area contributed by atoms with E-state index in [0.717, 1.165) is 6.47 Å². The SMILES string of the molecule is COC(=O)CNO[C]=O. The van der Waals surface area contributed by atoms with Gasteiger partial charge in [0.25, 0.3) is 0 Å². The molecule has 0 spiro atoms. The quantitative estimate of drug-likeness (QED) is 0.294. The Bertz CT molecular complexity index is 103. The van der Waals surface area contributed by atoms with Crippen LogP contribution in [0.25, 0.3) is 0 Å². The van der Waals surface area contributed by atoms with Gasteiger partial charge in [-0.2, -0.15) is 0 Å². The molecule has 0 saturated carbocycles.